The summed E-state index contributed by atoms with van der Waals surface area (Å²) in [5.74, 6) is 2.36. The van der Waals surface area contributed by atoms with Gasteiger partial charge < -0.3 is 15.1 Å². The zero-order valence-electron chi connectivity index (χ0n) is 16.2. The van der Waals surface area contributed by atoms with Crippen LogP contribution >= 0.6 is 11.8 Å². The molecule has 3 amide bonds. The molecule has 0 aliphatic carbocycles. The van der Waals surface area contributed by atoms with Crippen molar-refractivity contribution in [2.45, 2.75) is 32.1 Å². The number of thioether (sulfide) groups is 1. The largest absolute Gasteiger partial charge is 0.341 e. The van der Waals surface area contributed by atoms with Crippen molar-refractivity contribution < 1.29 is 9.59 Å². The number of rotatable bonds is 5. The van der Waals surface area contributed by atoms with E-state index in [9.17, 15) is 9.59 Å². The Balaban J connectivity index is 1.72. The monoisotopic (exact) mass is 389 g/mol. The van der Waals surface area contributed by atoms with Gasteiger partial charge >= 0.3 is 6.03 Å². The molecule has 6 heteroatoms. The fourth-order valence-electron chi connectivity index (χ4n) is 3.94. The first-order chi connectivity index (χ1) is 13.2. The van der Waals surface area contributed by atoms with E-state index in [1.54, 1.807) is 0 Å². The van der Waals surface area contributed by atoms with Gasteiger partial charge in [0.2, 0.25) is 5.91 Å². The van der Waals surface area contributed by atoms with Crippen molar-refractivity contribution in [3.05, 3.63) is 35.9 Å². The maximum atomic E-state index is 13.1. The molecule has 148 valence electrons. The van der Waals surface area contributed by atoms with E-state index in [0.717, 1.165) is 43.9 Å². The predicted molar refractivity (Wildman–Crippen MR) is 111 cm³/mol. The third-order valence-corrected chi connectivity index (χ3v) is 6.43. The van der Waals surface area contributed by atoms with E-state index in [0.29, 0.717) is 19.6 Å². The summed E-state index contributed by atoms with van der Waals surface area (Å²) in [5, 5.41) is 3.02. The molecule has 2 aliphatic rings. The van der Waals surface area contributed by atoms with Crippen molar-refractivity contribution in [1.29, 1.82) is 0 Å². The summed E-state index contributed by atoms with van der Waals surface area (Å²) in [6.45, 7) is 5.69. The average Bonchev–Trinajstić information content (AvgIpc) is 2.74. The minimum atomic E-state index is -0.107. The van der Waals surface area contributed by atoms with Gasteiger partial charge in [0.05, 0.1) is 5.92 Å². The third-order valence-electron chi connectivity index (χ3n) is 5.49. The van der Waals surface area contributed by atoms with Crippen LogP contribution in [0.4, 0.5) is 4.79 Å². The number of benzene rings is 1. The SMILES string of the molecule is CCCCNC(=O)N1C[C@@H](C(=O)N2CCSCC2)C[C@H](c2ccccc2)C1. The molecule has 2 heterocycles. The number of carbonyl (C=O) groups is 2. The minimum absolute atomic E-state index is 0.0314. The number of piperidine rings is 1. The molecule has 3 rings (SSSR count). The Labute approximate surface area is 166 Å². The highest BCUT2D eigenvalue weighted by molar-refractivity contribution is 7.99. The van der Waals surface area contributed by atoms with Crippen molar-refractivity contribution in [1.82, 2.24) is 15.1 Å². The topological polar surface area (TPSA) is 52.7 Å². The van der Waals surface area contributed by atoms with Crippen LogP contribution in [0.25, 0.3) is 0 Å². The van der Waals surface area contributed by atoms with E-state index >= 15 is 0 Å². The van der Waals surface area contributed by atoms with Gasteiger partial charge in [0.1, 0.15) is 0 Å². The summed E-state index contributed by atoms with van der Waals surface area (Å²) >= 11 is 1.91. The second kappa shape index (κ2) is 10.0. The van der Waals surface area contributed by atoms with Gasteiger partial charge in [-0.2, -0.15) is 11.8 Å². The normalized spacial score (nSPS) is 23.1. The fourth-order valence-corrected chi connectivity index (χ4v) is 4.84. The second-order valence-electron chi connectivity index (χ2n) is 7.47. The summed E-state index contributed by atoms with van der Waals surface area (Å²) < 4.78 is 0. The average molecular weight is 390 g/mol. The van der Waals surface area contributed by atoms with Crippen LogP contribution in [0.2, 0.25) is 0 Å². The lowest BCUT2D eigenvalue weighted by Crippen LogP contribution is -2.52. The maximum absolute atomic E-state index is 13.1. The maximum Gasteiger partial charge on any atom is 0.317 e. The molecule has 0 unspecified atom stereocenters. The first kappa shape index (κ1) is 20.1. The Hall–Kier alpha value is -1.69. The number of nitrogens with one attached hydrogen (secondary N) is 1. The van der Waals surface area contributed by atoms with E-state index in [2.05, 4.69) is 24.4 Å². The molecular formula is C21H31N3O2S. The highest BCUT2D eigenvalue weighted by Crippen LogP contribution is 2.31. The molecule has 2 aliphatic heterocycles. The van der Waals surface area contributed by atoms with E-state index in [-0.39, 0.29) is 23.8 Å². The number of hydrogen-bond acceptors (Lipinski definition) is 3. The van der Waals surface area contributed by atoms with Crippen LogP contribution < -0.4 is 5.32 Å². The van der Waals surface area contributed by atoms with Gasteiger partial charge in [0, 0.05) is 50.1 Å². The second-order valence-corrected chi connectivity index (χ2v) is 8.69. The van der Waals surface area contributed by atoms with Gasteiger partial charge in [0.25, 0.3) is 0 Å². The van der Waals surface area contributed by atoms with Crippen LogP contribution in [-0.2, 0) is 4.79 Å². The number of carbonyl (C=O) groups excluding carboxylic acids is 2. The molecule has 0 aromatic heterocycles. The van der Waals surface area contributed by atoms with Crippen molar-refractivity contribution >= 4 is 23.7 Å². The molecule has 1 aromatic rings. The lowest BCUT2D eigenvalue weighted by molar-refractivity contribution is -0.136. The first-order valence-electron chi connectivity index (χ1n) is 10.1. The minimum Gasteiger partial charge on any atom is -0.341 e. The summed E-state index contributed by atoms with van der Waals surface area (Å²) in [4.78, 5) is 29.7. The molecule has 1 aromatic carbocycles. The highest BCUT2D eigenvalue weighted by atomic mass is 32.2. The number of hydrogen-bond donors (Lipinski definition) is 1. The van der Waals surface area contributed by atoms with Gasteiger partial charge in [0.15, 0.2) is 0 Å². The Morgan fingerprint density at radius 3 is 2.56 bits per heavy atom. The molecule has 0 bridgehead atoms. The lowest BCUT2D eigenvalue weighted by atomic mass is 9.84. The van der Waals surface area contributed by atoms with Crippen molar-refractivity contribution in [3.63, 3.8) is 0 Å². The molecule has 0 spiro atoms. The van der Waals surface area contributed by atoms with Crippen LogP contribution in [0.3, 0.4) is 0 Å². The first-order valence-corrected chi connectivity index (χ1v) is 11.3. The zero-order valence-corrected chi connectivity index (χ0v) is 17.0. The van der Waals surface area contributed by atoms with E-state index in [1.165, 1.54) is 5.56 Å². The number of unbranched alkanes of at least 4 members (excludes halogenated alkanes) is 1. The molecule has 2 atom stereocenters. The van der Waals surface area contributed by atoms with Gasteiger partial charge in [-0.25, -0.2) is 4.79 Å². The summed E-state index contributed by atoms with van der Waals surface area (Å²) in [6.07, 6.45) is 2.86. The quantitative estimate of drug-likeness (QED) is 0.787. The third kappa shape index (κ3) is 5.41. The van der Waals surface area contributed by atoms with Gasteiger partial charge in [-0.3, -0.25) is 4.79 Å². The van der Waals surface area contributed by atoms with E-state index < -0.39 is 0 Å². The Kier molecular flexibility index (Phi) is 7.44. The van der Waals surface area contributed by atoms with Crippen LogP contribution in [0, 0.1) is 5.92 Å². The van der Waals surface area contributed by atoms with E-state index in [1.807, 2.05) is 39.8 Å². The number of likely N-dealkylation sites (tertiary alicyclic amines) is 1. The lowest BCUT2D eigenvalue weighted by Gasteiger charge is -2.40. The zero-order chi connectivity index (χ0) is 19.1. The number of amides is 3. The summed E-state index contributed by atoms with van der Waals surface area (Å²) in [5.41, 5.74) is 1.22. The molecule has 27 heavy (non-hydrogen) atoms. The Morgan fingerprint density at radius 1 is 1.11 bits per heavy atom. The number of urea groups is 1. The van der Waals surface area contributed by atoms with Gasteiger partial charge in [-0.1, -0.05) is 43.7 Å². The molecule has 2 saturated heterocycles. The molecule has 5 nitrogen and oxygen atoms in total. The van der Waals surface area contributed by atoms with Gasteiger partial charge in [-0.05, 0) is 18.4 Å². The predicted octanol–water partition coefficient (Wildman–Crippen LogP) is 3.18. The molecular weight excluding hydrogens is 358 g/mol. The molecule has 0 radical (unpaired) electrons. The molecule has 0 saturated carbocycles. The smallest absolute Gasteiger partial charge is 0.317 e. The van der Waals surface area contributed by atoms with Gasteiger partial charge in [-0.15, -0.1) is 0 Å². The van der Waals surface area contributed by atoms with Crippen LogP contribution in [0.1, 0.15) is 37.7 Å². The van der Waals surface area contributed by atoms with E-state index in [4.69, 9.17) is 0 Å². The van der Waals surface area contributed by atoms with Crippen LogP contribution in [0.5, 0.6) is 0 Å². The standard InChI is InChI=1S/C21H31N3O2S/c1-2-3-9-22-21(26)24-15-18(17-7-5-4-6-8-17)14-19(16-24)20(25)23-10-12-27-13-11-23/h4-8,18-19H,2-3,9-16H2,1H3,(H,22,26)/t18-,19-/m0/s1. The van der Waals surface area contributed by atoms with Crippen LogP contribution in [0.15, 0.2) is 30.3 Å². The van der Waals surface area contributed by atoms with Crippen molar-refractivity contribution in [3.8, 4) is 0 Å². The molecule has 2 fully saturated rings. The van der Waals surface area contributed by atoms with Crippen LogP contribution in [-0.4, -0.2) is 66.0 Å². The van der Waals surface area contributed by atoms with Crippen molar-refractivity contribution in [2.75, 3.05) is 44.2 Å². The Morgan fingerprint density at radius 2 is 1.85 bits per heavy atom. The van der Waals surface area contributed by atoms with Crippen molar-refractivity contribution in [2.24, 2.45) is 5.92 Å². The summed E-state index contributed by atoms with van der Waals surface area (Å²) in [6, 6.07) is 10.3. The summed E-state index contributed by atoms with van der Waals surface area (Å²) in [7, 11) is 0. The number of nitrogens with zero attached hydrogens (tertiary/aromatic N) is 2. The molecule has 1 N–H and O–H groups in total. The fraction of sp³-hybridized carbons (Fsp3) is 0.619. The highest BCUT2D eigenvalue weighted by Gasteiger charge is 2.36. The Bertz CT molecular complexity index is 619.